The largest absolute Gasteiger partial charge is 0.433 e. The molecule has 3 aromatic heterocycles. The van der Waals surface area contributed by atoms with Crippen molar-refractivity contribution in [2.75, 3.05) is 38.1 Å². The average molecular weight is 384 g/mol. The lowest BCUT2D eigenvalue weighted by atomic mass is 10.1. The highest BCUT2D eigenvalue weighted by Crippen LogP contribution is 2.31. The molecule has 1 saturated heterocycles. The number of aromatic nitrogens is 3. The molecule has 4 rings (SSSR count). The van der Waals surface area contributed by atoms with E-state index in [0.29, 0.717) is 22.2 Å². The number of alkyl halides is 2. The van der Waals surface area contributed by atoms with Crippen LogP contribution in [0.25, 0.3) is 16.6 Å². The summed E-state index contributed by atoms with van der Waals surface area (Å²) in [5.41, 5.74) is 2.13. The first-order valence-electron chi connectivity index (χ1n) is 8.81. The van der Waals surface area contributed by atoms with Crippen molar-refractivity contribution in [3.8, 4) is 22.9 Å². The minimum absolute atomic E-state index is 0.0340. The Morgan fingerprint density at radius 3 is 2.61 bits per heavy atom. The van der Waals surface area contributed by atoms with Gasteiger partial charge < -0.3 is 14.5 Å². The van der Waals surface area contributed by atoms with Gasteiger partial charge in [0.15, 0.2) is 0 Å². The normalized spacial score (nSPS) is 15.2. The fourth-order valence-electron chi connectivity index (χ4n) is 3.33. The lowest BCUT2D eigenvalue weighted by Crippen LogP contribution is -2.44. The van der Waals surface area contributed by atoms with E-state index in [1.807, 2.05) is 12.1 Å². The van der Waals surface area contributed by atoms with Crippen molar-refractivity contribution >= 4 is 11.3 Å². The molecule has 1 aliphatic heterocycles. The molecule has 0 atom stereocenters. The number of hydrogen-bond donors (Lipinski definition) is 0. The van der Waals surface area contributed by atoms with E-state index >= 15 is 0 Å². The summed E-state index contributed by atoms with van der Waals surface area (Å²) in [5, 5.41) is 13.4. The molecule has 0 bridgehead atoms. The number of rotatable bonds is 4. The fraction of sp³-hybridized carbons (Fsp3) is 0.316. The first-order chi connectivity index (χ1) is 13.5. The van der Waals surface area contributed by atoms with E-state index in [4.69, 9.17) is 0 Å². The van der Waals surface area contributed by atoms with Crippen molar-refractivity contribution in [1.29, 1.82) is 5.26 Å². The quantitative estimate of drug-likeness (QED) is 0.689. The summed E-state index contributed by atoms with van der Waals surface area (Å²) in [5.74, 6) is 0.829. The van der Waals surface area contributed by atoms with Crippen LogP contribution >= 0.6 is 0 Å². The predicted molar refractivity (Wildman–Crippen MR) is 99.5 cm³/mol. The van der Waals surface area contributed by atoms with E-state index in [1.165, 1.54) is 23.0 Å². The van der Waals surface area contributed by atoms with E-state index in [0.717, 1.165) is 32.0 Å². The highest BCUT2D eigenvalue weighted by Gasteiger charge is 2.18. The second-order valence-corrected chi connectivity index (χ2v) is 6.63. The number of nitriles is 1. The first kappa shape index (κ1) is 18.1. The number of hydrogen-bond acceptors (Lipinski definition) is 6. The second-order valence-electron chi connectivity index (χ2n) is 6.63. The molecule has 7 nitrogen and oxygen atoms in total. The molecule has 0 spiro atoms. The van der Waals surface area contributed by atoms with Crippen molar-refractivity contribution in [2.45, 2.75) is 6.61 Å². The molecule has 0 aromatic carbocycles. The van der Waals surface area contributed by atoms with Gasteiger partial charge in [0.1, 0.15) is 17.6 Å². The molecule has 0 aliphatic carbocycles. The molecule has 3 aromatic rings. The molecule has 144 valence electrons. The van der Waals surface area contributed by atoms with E-state index in [9.17, 15) is 14.0 Å². The van der Waals surface area contributed by atoms with Crippen LogP contribution in [0, 0.1) is 11.3 Å². The zero-order valence-corrected chi connectivity index (χ0v) is 15.2. The molecule has 28 heavy (non-hydrogen) atoms. The summed E-state index contributed by atoms with van der Waals surface area (Å²) in [7, 11) is 2.09. The molecule has 4 heterocycles. The Labute approximate surface area is 160 Å². The third kappa shape index (κ3) is 3.46. The number of halogens is 2. The molecule has 1 aliphatic rings. The Balaban J connectivity index is 1.73. The van der Waals surface area contributed by atoms with E-state index in [-0.39, 0.29) is 5.75 Å². The van der Waals surface area contributed by atoms with Crippen LogP contribution in [0.1, 0.15) is 5.56 Å². The Morgan fingerprint density at radius 1 is 1.18 bits per heavy atom. The standard InChI is InChI=1S/C19H18F2N6O/c1-25-4-6-26(7-5-25)17-3-2-13(10-23-17)16-8-15(28-19(20)21)12-27-18(16)14(9-22)11-24-27/h2-3,8,10-12,19H,4-7H2,1H3. The van der Waals surface area contributed by atoms with Gasteiger partial charge >= 0.3 is 6.61 Å². The molecule has 1 fully saturated rings. The van der Waals surface area contributed by atoms with Crippen LogP contribution in [0.3, 0.4) is 0 Å². The van der Waals surface area contributed by atoms with E-state index in [2.05, 4.69) is 37.7 Å². The van der Waals surface area contributed by atoms with Gasteiger partial charge in [-0.1, -0.05) is 0 Å². The third-order valence-corrected chi connectivity index (χ3v) is 4.82. The van der Waals surface area contributed by atoms with Crippen LogP contribution < -0.4 is 9.64 Å². The molecule has 0 saturated carbocycles. The van der Waals surface area contributed by atoms with Gasteiger partial charge in [0, 0.05) is 43.5 Å². The summed E-state index contributed by atoms with van der Waals surface area (Å²) < 4.78 is 31.3. The molecule has 9 heteroatoms. The van der Waals surface area contributed by atoms with Gasteiger partial charge in [-0.15, -0.1) is 0 Å². The maximum absolute atomic E-state index is 12.7. The number of fused-ring (bicyclic) bond motifs is 1. The zero-order chi connectivity index (χ0) is 19.7. The van der Waals surface area contributed by atoms with Crippen molar-refractivity contribution in [3.63, 3.8) is 0 Å². The van der Waals surface area contributed by atoms with Gasteiger partial charge in [-0.2, -0.15) is 19.1 Å². The SMILES string of the molecule is CN1CCN(c2ccc(-c3cc(OC(F)F)cn4ncc(C#N)c34)cn2)CC1. The predicted octanol–water partition coefficient (Wildman–Crippen LogP) is 2.62. The van der Waals surface area contributed by atoms with Crippen LogP contribution in [0.15, 0.2) is 36.8 Å². The lowest BCUT2D eigenvalue weighted by Gasteiger charge is -2.33. The molecule has 0 N–H and O–H groups in total. The summed E-state index contributed by atoms with van der Waals surface area (Å²) in [6, 6.07) is 7.34. The number of likely N-dealkylation sites (N-methyl/N-ethyl adjacent to an activating group) is 1. The van der Waals surface area contributed by atoms with E-state index < -0.39 is 6.61 Å². The van der Waals surface area contributed by atoms with Crippen LogP contribution in [0.2, 0.25) is 0 Å². The number of pyridine rings is 2. The Morgan fingerprint density at radius 2 is 1.96 bits per heavy atom. The summed E-state index contributed by atoms with van der Waals surface area (Å²) in [4.78, 5) is 9.01. The van der Waals surface area contributed by atoms with Crippen molar-refractivity contribution in [3.05, 3.63) is 42.4 Å². The summed E-state index contributed by atoms with van der Waals surface area (Å²) in [6.07, 6.45) is 4.41. The minimum Gasteiger partial charge on any atom is -0.433 e. The maximum Gasteiger partial charge on any atom is 0.387 e. The molecular formula is C19H18F2N6O. The van der Waals surface area contributed by atoms with Gasteiger partial charge in [0.05, 0.1) is 23.5 Å². The maximum atomic E-state index is 12.7. The Bertz CT molecular complexity index is 1020. The molecule has 0 radical (unpaired) electrons. The molecule has 0 amide bonds. The Kier molecular flexibility index (Phi) is 4.79. The van der Waals surface area contributed by atoms with Crippen molar-refractivity contribution in [2.24, 2.45) is 0 Å². The highest BCUT2D eigenvalue weighted by molar-refractivity contribution is 5.85. The average Bonchev–Trinajstić information content (AvgIpc) is 3.11. The molecule has 0 unspecified atom stereocenters. The van der Waals surface area contributed by atoms with Gasteiger partial charge in [-0.25, -0.2) is 9.50 Å². The number of piperazine rings is 1. The summed E-state index contributed by atoms with van der Waals surface area (Å²) >= 11 is 0. The monoisotopic (exact) mass is 384 g/mol. The smallest absolute Gasteiger partial charge is 0.387 e. The lowest BCUT2D eigenvalue weighted by molar-refractivity contribution is -0.0501. The van der Waals surface area contributed by atoms with Crippen LogP contribution in [-0.2, 0) is 0 Å². The highest BCUT2D eigenvalue weighted by atomic mass is 19.3. The topological polar surface area (TPSA) is 69.7 Å². The van der Waals surface area contributed by atoms with Gasteiger partial charge in [0.25, 0.3) is 0 Å². The van der Waals surface area contributed by atoms with Gasteiger partial charge in [0.2, 0.25) is 0 Å². The van der Waals surface area contributed by atoms with E-state index in [1.54, 1.807) is 6.20 Å². The minimum atomic E-state index is -2.95. The van der Waals surface area contributed by atoms with Crippen LogP contribution in [0.5, 0.6) is 5.75 Å². The number of ether oxygens (including phenoxy) is 1. The second kappa shape index (κ2) is 7.40. The third-order valence-electron chi connectivity index (χ3n) is 4.82. The number of anilines is 1. The fourth-order valence-corrected chi connectivity index (χ4v) is 3.33. The zero-order valence-electron chi connectivity index (χ0n) is 15.2. The van der Waals surface area contributed by atoms with Crippen molar-refractivity contribution in [1.82, 2.24) is 19.5 Å². The van der Waals surface area contributed by atoms with Crippen molar-refractivity contribution < 1.29 is 13.5 Å². The molecular weight excluding hydrogens is 366 g/mol. The van der Waals surface area contributed by atoms with Gasteiger partial charge in [-0.3, -0.25) is 0 Å². The first-order valence-corrected chi connectivity index (χ1v) is 8.81. The van der Waals surface area contributed by atoms with Crippen LogP contribution in [0.4, 0.5) is 14.6 Å². The van der Waals surface area contributed by atoms with Crippen LogP contribution in [-0.4, -0.2) is 59.3 Å². The number of nitrogens with zero attached hydrogens (tertiary/aromatic N) is 6. The summed E-state index contributed by atoms with van der Waals surface area (Å²) in [6.45, 7) is 0.781. The van der Waals surface area contributed by atoms with Gasteiger partial charge in [-0.05, 0) is 25.2 Å². The Hall–Kier alpha value is -3.25.